The SMILES string of the molecule is COc1ccc(NC(=O)CN2C(=O)S/C(=C\c3ccc(O)cc3O)C2=O)cc1. The molecule has 2 aromatic rings. The average molecular weight is 400 g/mol. The Balaban J connectivity index is 1.69. The molecule has 0 bridgehead atoms. The van der Waals surface area contributed by atoms with Crippen molar-refractivity contribution in [2.24, 2.45) is 0 Å². The van der Waals surface area contributed by atoms with E-state index in [9.17, 15) is 24.6 Å². The maximum Gasteiger partial charge on any atom is 0.294 e. The molecule has 2 aromatic carbocycles. The van der Waals surface area contributed by atoms with Gasteiger partial charge in [-0.3, -0.25) is 19.3 Å². The molecule has 3 N–H and O–H groups in total. The summed E-state index contributed by atoms with van der Waals surface area (Å²) in [5, 5.41) is 21.2. The number of thioether (sulfide) groups is 1. The summed E-state index contributed by atoms with van der Waals surface area (Å²) in [4.78, 5) is 37.7. The molecule has 3 rings (SSSR count). The summed E-state index contributed by atoms with van der Waals surface area (Å²) >= 11 is 0.671. The highest BCUT2D eigenvalue weighted by atomic mass is 32.2. The highest BCUT2D eigenvalue weighted by Gasteiger charge is 2.36. The van der Waals surface area contributed by atoms with Gasteiger partial charge in [-0.25, -0.2) is 0 Å². The first-order valence-corrected chi connectivity index (χ1v) is 8.90. The summed E-state index contributed by atoms with van der Waals surface area (Å²) < 4.78 is 5.03. The van der Waals surface area contributed by atoms with Crippen LogP contribution in [-0.4, -0.2) is 45.8 Å². The van der Waals surface area contributed by atoms with Crippen LogP contribution in [0.1, 0.15) is 5.56 Å². The molecule has 0 atom stereocenters. The maximum atomic E-state index is 12.5. The Bertz CT molecular complexity index is 971. The number of phenolic OH excluding ortho intramolecular Hbond substituents is 2. The van der Waals surface area contributed by atoms with Crippen molar-refractivity contribution in [1.82, 2.24) is 4.90 Å². The van der Waals surface area contributed by atoms with Gasteiger partial charge in [-0.1, -0.05) is 0 Å². The Labute approximate surface area is 164 Å². The van der Waals surface area contributed by atoms with Gasteiger partial charge in [0, 0.05) is 17.3 Å². The van der Waals surface area contributed by atoms with E-state index in [0.29, 0.717) is 23.2 Å². The van der Waals surface area contributed by atoms with E-state index >= 15 is 0 Å². The van der Waals surface area contributed by atoms with Gasteiger partial charge in [0.25, 0.3) is 11.1 Å². The molecule has 1 saturated heterocycles. The Morgan fingerprint density at radius 2 is 1.89 bits per heavy atom. The van der Waals surface area contributed by atoms with Gasteiger partial charge in [-0.05, 0) is 54.2 Å². The zero-order valence-corrected chi connectivity index (χ0v) is 15.5. The van der Waals surface area contributed by atoms with Crippen LogP contribution in [0.5, 0.6) is 17.2 Å². The lowest BCUT2D eigenvalue weighted by Gasteiger charge is -2.12. The minimum atomic E-state index is -0.632. The Morgan fingerprint density at radius 1 is 1.18 bits per heavy atom. The van der Waals surface area contributed by atoms with Gasteiger partial charge in [-0.2, -0.15) is 0 Å². The van der Waals surface area contributed by atoms with Gasteiger partial charge in [0.2, 0.25) is 5.91 Å². The van der Waals surface area contributed by atoms with Crippen molar-refractivity contribution in [1.29, 1.82) is 0 Å². The van der Waals surface area contributed by atoms with E-state index in [1.807, 2.05) is 0 Å². The number of rotatable bonds is 5. The second-order valence-electron chi connectivity index (χ2n) is 5.79. The predicted octanol–water partition coefficient (Wildman–Crippen LogP) is 2.78. The van der Waals surface area contributed by atoms with E-state index in [2.05, 4.69) is 5.32 Å². The number of benzene rings is 2. The van der Waals surface area contributed by atoms with Crippen molar-refractivity contribution >= 4 is 40.6 Å². The minimum Gasteiger partial charge on any atom is -0.508 e. The monoisotopic (exact) mass is 400 g/mol. The number of carbonyl (C=O) groups is 3. The molecule has 0 unspecified atom stereocenters. The first kappa shape index (κ1) is 19.3. The lowest BCUT2D eigenvalue weighted by Crippen LogP contribution is -2.36. The molecule has 8 nitrogen and oxygen atoms in total. The van der Waals surface area contributed by atoms with E-state index < -0.39 is 23.6 Å². The van der Waals surface area contributed by atoms with Crippen LogP contribution >= 0.6 is 11.8 Å². The maximum absolute atomic E-state index is 12.5. The number of carbonyl (C=O) groups excluding carboxylic acids is 3. The summed E-state index contributed by atoms with van der Waals surface area (Å²) in [5.41, 5.74) is 0.772. The Hall–Kier alpha value is -3.46. The topological polar surface area (TPSA) is 116 Å². The van der Waals surface area contributed by atoms with Crippen LogP contribution in [0.25, 0.3) is 6.08 Å². The average Bonchev–Trinajstić information content (AvgIpc) is 2.92. The third-order valence-electron chi connectivity index (χ3n) is 3.85. The molecule has 1 fully saturated rings. The number of methoxy groups -OCH3 is 1. The van der Waals surface area contributed by atoms with E-state index in [1.54, 1.807) is 24.3 Å². The van der Waals surface area contributed by atoms with Crippen LogP contribution in [-0.2, 0) is 9.59 Å². The highest BCUT2D eigenvalue weighted by molar-refractivity contribution is 8.18. The molecule has 0 spiro atoms. The highest BCUT2D eigenvalue weighted by Crippen LogP contribution is 2.34. The lowest BCUT2D eigenvalue weighted by atomic mass is 10.1. The molecule has 0 radical (unpaired) electrons. The summed E-state index contributed by atoms with van der Waals surface area (Å²) in [6, 6.07) is 10.5. The van der Waals surface area contributed by atoms with E-state index in [1.165, 1.54) is 25.3 Å². The third kappa shape index (κ3) is 4.26. The number of phenols is 2. The smallest absolute Gasteiger partial charge is 0.294 e. The lowest BCUT2D eigenvalue weighted by molar-refractivity contribution is -0.127. The second kappa shape index (κ2) is 8.05. The molecular weight excluding hydrogens is 384 g/mol. The zero-order valence-electron chi connectivity index (χ0n) is 14.7. The summed E-state index contributed by atoms with van der Waals surface area (Å²) in [6.45, 7) is -0.435. The molecule has 0 aliphatic carbocycles. The number of hydrogen-bond acceptors (Lipinski definition) is 7. The molecule has 0 aromatic heterocycles. The van der Waals surface area contributed by atoms with Crippen molar-refractivity contribution in [3.63, 3.8) is 0 Å². The largest absolute Gasteiger partial charge is 0.508 e. The molecular formula is C19H16N2O6S. The number of aromatic hydroxyl groups is 2. The molecule has 0 saturated carbocycles. The van der Waals surface area contributed by atoms with Crippen LogP contribution < -0.4 is 10.1 Å². The van der Waals surface area contributed by atoms with Crippen molar-refractivity contribution < 1.29 is 29.3 Å². The normalized spacial score (nSPS) is 15.2. The summed E-state index contributed by atoms with van der Waals surface area (Å²) in [5.74, 6) is -0.887. The molecule has 144 valence electrons. The van der Waals surface area contributed by atoms with E-state index in [-0.39, 0.29) is 22.0 Å². The fourth-order valence-electron chi connectivity index (χ4n) is 2.45. The molecule has 28 heavy (non-hydrogen) atoms. The van der Waals surface area contributed by atoms with Crippen LogP contribution in [0.15, 0.2) is 47.4 Å². The Morgan fingerprint density at radius 3 is 2.54 bits per heavy atom. The predicted molar refractivity (Wildman–Crippen MR) is 104 cm³/mol. The number of nitrogens with zero attached hydrogens (tertiary/aromatic N) is 1. The van der Waals surface area contributed by atoms with E-state index in [4.69, 9.17) is 4.74 Å². The van der Waals surface area contributed by atoms with E-state index in [0.717, 1.165) is 11.0 Å². The number of imide groups is 1. The number of hydrogen-bond donors (Lipinski definition) is 3. The van der Waals surface area contributed by atoms with Gasteiger partial charge in [0.05, 0.1) is 12.0 Å². The van der Waals surface area contributed by atoms with Crippen LogP contribution in [0, 0.1) is 0 Å². The first-order valence-electron chi connectivity index (χ1n) is 8.08. The number of anilines is 1. The van der Waals surface area contributed by atoms with Gasteiger partial charge >= 0.3 is 0 Å². The number of nitrogens with one attached hydrogen (secondary N) is 1. The fraction of sp³-hybridized carbons (Fsp3) is 0.105. The van der Waals surface area contributed by atoms with Crippen molar-refractivity contribution in [3.8, 4) is 17.2 Å². The quantitative estimate of drug-likeness (QED) is 0.661. The van der Waals surface area contributed by atoms with Gasteiger partial charge in [0.15, 0.2) is 0 Å². The summed E-state index contributed by atoms with van der Waals surface area (Å²) in [6.07, 6.45) is 1.33. The number of ether oxygens (including phenoxy) is 1. The van der Waals surface area contributed by atoms with Crippen LogP contribution in [0.2, 0.25) is 0 Å². The van der Waals surface area contributed by atoms with Gasteiger partial charge < -0.3 is 20.3 Å². The fourth-order valence-corrected chi connectivity index (χ4v) is 3.28. The Kier molecular flexibility index (Phi) is 5.55. The van der Waals surface area contributed by atoms with Gasteiger partial charge in [0.1, 0.15) is 23.8 Å². The summed E-state index contributed by atoms with van der Waals surface area (Å²) in [7, 11) is 1.53. The molecule has 1 aliphatic heterocycles. The molecule has 1 aliphatic rings. The van der Waals surface area contributed by atoms with Crippen molar-refractivity contribution in [3.05, 3.63) is 52.9 Å². The molecule has 3 amide bonds. The minimum absolute atomic E-state index is 0.0724. The second-order valence-corrected chi connectivity index (χ2v) is 6.78. The first-order chi connectivity index (χ1) is 13.4. The van der Waals surface area contributed by atoms with Gasteiger partial charge in [-0.15, -0.1) is 0 Å². The third-order valence-corrected chi connectivity index (χ3v) is 4.76. The number of amides is 3. The van der Waals surface area contributed by atoms with Crippen LogP contribution in [0.4, 0.5) is 10.5 Å². The zero-order chi connectivity index (χ0) is 20.3. The van der Waals surface area contributed by atoms with Crippen molar-refractivity contribution in [2.75, 3.05) is 19.0 Å². The van der Waals surface area contributed by atoms with Crippen LogP contribution in [0.3, 0.4) is 0 Å². The standard InChI is InChI=1S/C19H16N2O6S/c1-27-14-6-3-12(4-7-14)20-17(24)10-21-18(25)16(28-19(21)26)8-11-2-5-13(22)9-15(11)23/h2-9,22-23H,10H2,1H3,(H,20,24)/b16-8-. The molecule has 1 heterocycles. The van der Waals surface area contributed by atoms with Crippen molar-refractivity contribution in [2.45, 2.75) is 0 Å². The molecule has 9 heteroatoms.